The SMILES string of the molecule is CC(=O)NC(CC(=O)NCC(c1ccc(F)cc1)N1CCOCC1)c1ccccc1. The first-order valence-electron chi connectivity index (χ1n) is 10.2. The second-order valence-electron chi connectivity index (χ2n) is 7.39. The van der Waals surface area contributed by atoms with Crippen LogP contribution in [0, 0.1) is 5.82 Å². The van der Waals surface area contributed by atoms with Gasteiger partial charge in [0.1, 0.15) is 5.82 Å². The maximum atomic E-state index is 13.4. The fourth-order valence-corrected chi connectivity index (χ4v) is 3.68. The van der Waals surface area contributed by atoms with Crippen molar-refractivity contribution in [1.82, 2.24) is 15.5 Å². The first kappa shape index (κ1) is 21.9. The Morgan fingerprint density at radius 1 is 1.03 bits per heavy atom. The molecule has 2 aromatic rings. The van der Waals surface area contributed by atoms with E-state index in [1.807, 2.05) is 30.3 Å². The number of nitrogens with one attached hydrogen (secondary N) is 2. The zero-order valence-corrected chi connectivity index (χ0v) is 17.1. The molecule has 2 unspecified atom stereocenters. The molecular formula is C23H28FN3O3. The van der Waals surface area contributed by atoms with E-state index in [0.717, 1.165) is 24.2 Å². The predicted molar refractivity (Wildman–Crippen MR) is 112 cm³/mol. The minimum absolute atomic E-state index is 0.0746. The summed E-state index contributed by atoms with van der Waals surface area (Å²) in [7, 11) is 0. The number of amides is 2. The topological polar surface area (TPSA) is 70.7 Å². The van der Waals surface area contributed by atoms with Gasteiger partial charge in [0.15, 0.2) is 0 Å². The van der Waals surface area contributed by atoms with Gasteiger partial charge in [-0.15, -0.1) is 0 Å². The largest absolute Gasteiger partial charge is 0.379 e. The third-order valence-corrected chi connectivity index (χ3v) is 5.20. The lowest BCUT2D eigenvalue weighted by atomic mass is 10.0. The number of carbonyl (C=O) groups is 2. The Morgan fingerprint density at radius 2 is 1.70 bits per heavy atom. The molecule has 3 rings (SSSR count). The van der Waals surface area contributed by atoms with Crippen molar-refractivity contribution in [3.63, 3.8) is 0 Å². The van der Waals surface area contributed by atoms with E-state index in [1.165, 1.54) is 19.1 Å². The number of morpholine rings is 1. The van der Waals surface area contributed by atoms with Crippen LogP contribution in [0.15, 0.2) is 54.6 Å². The Hall–Kier alpha value is -2.77. The van der Waals surface area contributed by atoms with E-state index in [2.05, 4.69) is 15.5 Å². The number of nitrogens with zero attached hydrogens (tertiary/aromatic N) is 1. The van der Waals surface area contributed by atoms with Crippen molar-refractivity contribution in [1.29, 1.82) is 0 Å². The summed E-state index contributed by atoms with van der Waals surface area (Å²) >= 11 is 0. The van der Waals surface area contributed by atoms with Gasteiger partial charge < -0.3 is 15.4 Å². The summed E-state index contributed by atoms with van der Waals surface area (Å²) in [6.45, 7) is 4.59. The lowest BCUT2D eigenvalue weighted by Crippen LogP contribution is -2.44. The van der Waals surface area contributed by atoms with Gasteiger partial charge in [-0.05, 0) is 23.3 Å². The van der Waals surface area contributed by atoms with E-state index in [1.54, 1.807) is 12.1 Å². The molecule has 6 nitrogen and oxygen atoms in total. The van der Waals surface area contributed by atoms with Crippen molar-refractivity contribution in [3.8, 4) is 0 Å². The molecule has 0 aliphatic carbocycles. The van der Waals surface area contributed by atoms with Gasteiger partial charge in [-0.1, -0.05) is 42.5 Å². The molecule has 0 bridgehead atoms. The Morgan fingerprint density at radius 3 is 2.33 bits per heavy atom. The lowest BCUT2D eigenvalue weighted by Gasteiger charge is -2.35. The summed E-state index contributed by atoms with van der Waals surface area (Å²) in [5, 5.41) is 5.85. The molecule has 1 saturated heterocycles. The van der Waals surface area contributed by atoms with Crippen LogP contribution in [-0.4, -0.2) is 49.6 Å². The molecular weight excluding hydrogens is 385 g/mol. The van der Waals surface area contributed by atoms with Crippen molar-refractivity contribution in [3.05, 3.63) is 71.5 Å². The van der Waals surface area contributed by atoms with Crippen LogP contribution in [0.3, 0.4) is 0 Å². The van der Waals surface area contributed by atoms with Gasteiger partial charge in [-0.2, -0.15) is 0 Å². The zero-order chi connectivity index (χ0) is 21.3. The molecule has 0 spiro atoms. The van der Waals surface area contributed by atoms with Gasteiger partial charge in [0, 0.05) is 26.6 Å². The molecule has 2 amide bonds. The molecule has 30 heavy (non-hydrogen) atoms. The van der Waals surface area contributed by atoms with Crippen LogP contribution >= 0.6 is 0 Å². The molecule has 160 valence electrons. The van der Waals surface area contributed by atoms with E-state index in [0.29, 0.717) is 19.8 Å². The minimum Gasteiger partial charge on any atom is -0.379 e. The molecule has 2 N–H and O–H groups in total. The molecule has 1 aliphatic rings. The van der Waals surface area contributed by atoms with Crippen molar-refractivity contribution >= 4 is 11.8 Å². The summed E-state index contributed by atoms with van der Waals surface area (Å²) in [5.41, 5.74) is 1.83. The van der Waals surface area contributed by atoms with Crippen molar-refractivity contribution < 1.29 is 18.7 Å². The van der Waals surface area contributed by atoms with E-state index in [9.17, 15) is 14.0 Å². The number of rotatable bonds is 8. The Bertz CT molecular complexity index is 823. The van der Waals surface area contributed by atoms with Gasteiger partial charge in [0.05, 0.1) is 31.7 Å². The van der Waals surface area contributed by atoms with E-state index >= 15 is 0 Å². The van der Waals surface area contributed by atoms with Crippen LogP contribution in [0.25, 0.3) is 0 Å². The molecule has 1 aliphatic heterocycles. The van der Waals surface area contributed by atoms with Gasteiger partial charge >= 0.3 is 0 Å². The van der Waals surface area contributed by atoms with Crippen LogP contribution in [0.2, 0.25) is 0 Å². The maximum absolute atomic E-state index is 13.4. The van der Waals surface area contributed by atoms with Crippen LogP contribution in [0.1, 0.15) is 36.6 Å². The molecule has 1 fully saturated rings. The zero-order valence-electron chi connectivity index (χ0n) is 17.1. The Balaban J connectivity index is 1.66. The Labute approximate surface area is 176 Å². The van der Waals surface area contributed by atoms with Gasteiger partial charge in [0.25, 0.3) is 0 Å². The molecule has 2 atom stereocenters. The molecule has 0 saturated carbocycles. The molecule has 2 aromatic carbocycles. The van der Waals surface area contributed by atoms with Crippen LogP contribution in [0.4, 0.5) is 4.39 Å². The highest BCUT2D eigenvalue weighted by atomic mass is 19.1. The summed E-state index contributed by atoms with van der Waals surface area (Å²) < 4.78 is 18.8. The average Bonchev–Trinajstić information content (AvgIpc) is 2.76. The van der Waals surface area contributed by atoms with E-state index in [-0.39, 0.29) is 30.1 Å². The Kier molecular flexibility index (Phi) is 7.93. The lowest BCUT2D eigenvalue weighted by molar-refractivity contribution is -0.123. The van der Waals surface area contributed by atoms with Gasteiger partial charge in [-0.3, -0.25) is 14.5 Å². The van der Waals surface area contributed by atoms with Crippen LogP contribution in [0.5, 0.6) is 0 Å². The molecule has 1 heterocycles. The summed E-state index contributed by atoms with van der Waals surface area (Å²) in [6.07, 6.45) is 0.142. The van der Waals surface area contributed by atoms with Gasteiger partial charge in [-0.25, -0.2) is 4.39 Å². The number of hydrogen-bond acceptors (Lipinski definition) is 4. The normalized spacial score (nSPS) is 16.5. The van der Waals surface area contributed by atoms with Gasteiger partial charge in [0.2, 0.25) is 11.8 Å². The number of halogens is 1. The number of carbonyl (C=O) groups excluding carboxylic acids is 2. The first-order valence-corrected chi connectivity index (χ1v) is 10.2. The smallest absolute Gasteiger partial charge is 0.222 e. The quantitative estimate of drug-likeness (QED) is 0.698. The average molecular weight is 413 g/mol. The van der Waals surface area contributed by atoms with Crippen LogP contribution in [-0.2, 0) is 14.3 Å². The molecule has 0 radical (unpaired) electrons. The van der Waals surface area contributed by atoms with Crippen molar-refractivity contribution in [2.24, 2.45) is 0 Å². The number of hydrogen-bond donors (Lipinski definition) is 2. The third kappa shape index (κ3) is 6.37. The molecule has 7 heteroatoms. The standard InChI is InChI=1S/C23H28FN3O3/c1-17(28)26-21(18-5-3-2-4-6-18)15-23(29)25-16-22(27-11-13-30-14-12-27)19-7-9-20(24)10-8-19/h2-10,21-22H,11-16H2,1H3,(H,25,29)(H,26,28). The minimum atomic E-state index is -0.392. The monoisotopic (exact) mass is 413 g/mol. The second-order valence-corrected chi connectivity index (χ2v) is 7.39. The maximum Gasteiger partial charge on any atom is 0.222 e. The second kappa shape index (κ2) is 10.8. The first-order chi connectivity index (χ1) is 14.5. The van der Waals surface area contributed by atoms with Crippen molar-refractivity contribution in [2.45, 2.75) is 25.4 Å². The van der Waals surface area contributed by atoms with Crippen LogP contribution < -0.4 is 10.6 Å². The summed E-state index contributed by atoms with van der Waals surface area (Å²) in [5.74, 6) is -0.628. The summed E-state index contributed by atoms with van der Waals surface area (Å²) in [4.78, 5) is 26.6. The van der Waals surface area contributed by atoms with Crippen molar-refractivity contribution in [2.75, 3.05) is 32.8 Å². The van der Waals surface area contributed by atoms with E-state index in [4.69, 9.17) is 4.74 Å². The highest BCUT2D eigenvalue weighted by molar-refractivity contribution is 5.79. The number of ether oxygens (including phenoxy) is 1. The fraction of sp³-hybridized carbons (Fsp3) is 0.391. The number of benzene rings is 2. The molecule has 0 aromatic heterocycles. The predicted octanol–water partition coefficient (Wildman–Crippen LogP) is 2.58. The highest BCUT2D eigenvalue weighted by Crippen LogP contribution is 2.22. The summed E-state index contributed by atoms with van der Waals surface area (Å²) in [6, 6.07) is 15.4. The van der Waals surface area contributed by atoms with E-state index < -0.39 is 6.04 Å². The fourth-order valence-electron chi connectivity index (χ4n) is 3.68. The highest BCUT2D eigenvalue weighted by Gasteiger charge is 2.24. The third-order valence-electron chi connectivity index (χ3n) is 5.20.